The maximum absolute atomic E-state index is 6.11. The molecule has 0 saturated heterocycles. The maximum atomic E-state index is 6.11. The average molecular weight is 594 g/mol. The van der Waals surface area contributed by atoms with E-state index in [1.54, 1.807) is 14.2 Å². The third kappa shape index (κ3) is 5.55. The van der Waals surface area contributed by atoms with Crippen molar-refractivity contribution in [1.29, 1.82) is 0 Å². The van der Waals surface area contributed by atoms with Gasteiger partial charge in [-0.2, -0.15) is 0 Å². The van der Waals surface area contributed by atoms with E-state index in [0.717, 1.165) is 62.0 Å². The zero-order valence-corrected chi connectivity index (χ0v) is 26.6. The molecular formula is C33H44N3O2Se+. The summed E-state index contributed by atoms with van der Waals surface area (Å²) in [4.78, 5) is 4.76. The minimum atomic E-state index is 0.183. The molecule has 1 aliphatic heterocycles. The first kappa shape index (κ1) is 29.0. The summed E-state index contributed by atoms with van der Waals surface area (Å²) in [5, 5.41) is 2.57. The van der Waals surface area contributed by atoms with Crippen molar-refractivity contribution < 1.29 is 9.47 Å². The summed E-state index contributed by atoms with van der Waals surface area (Å²) >= 11 is 0.183. The number of hydrogen-bond donors (Lipinski definition) is 0. The van der Waals surface area contributed by atoms with Gasteiger partial charge in [0.2, 0.25) is 0 Å². The quantitative estimate of drug-likeness (QED) is 0.118. The van der Waals surface area contributed by atoms with Crippen molar-refractivity contribution in [2.75, 3.05) is 63.3 Å². The molecule has 2 aliphatic rings. The van der Waals surface area contributed by atoms with Crippen LogP contribution in [0, 0.1) is 0 Å². The summed E-state index contributed by atoms with van der Waals surface area (Å²) < 4.78 is 17.5. The van der Waals surface area contributed by atoms with E-state index in [2.05, 4.69) is 104 Å². The molecule has 1 heterocycles. The molecule has 4 rings (SSSR count). The summed E-state index contributed by atoms with van der Waals surface area (Å²) in [5.41, 5.74) is 5.91. The second kappa shape index (κ2) is 12.9. The second-order valence-corrected chi connectivity index (χ2v) is 11.9. The van der Waals surface area contributed by atoms with E-state index in [4.69, 9.17) is 9.47 Å². The van der Waals surface area contributed by atoms with Gasteiger partial charge in [0.15, 0.2) is 0 Å². The normalized spacial score (nSPS) is 11.2. The Morgan fingerprint density at radius 2 is 1.26 bits per heavy atom. The zero-order valence-electron chi connectivity index (χ0n) is 24.9. The van der Waals surface area contributed by atoms with Crippen molar-refractivity contribution >= 4 is 35.5 Å². The molecule has 5 nitrogen and oxygen atoms in total. The molecule has 1 aliphatic carbocycles. The fourth-order valence-corrected chi connectivity index (χ4v) is 8.05. The van der Waals surface area contributed by atoms with Crippen molar-refractivity contribution in [3.8, 4) is 32.6 Å². The first-order chi connectivity index (χ1) is 19.0. The molecule has 39 heavy (non-hydrogen) atoms. The predicted molar refractivity (Wildman–Crippen MR) is 170 cm³/mol. The van der Waals surface area contributed by atoms with E-state index < -0.39 is 0 Å². The van der Waals surface area contributed by atoms with Crippen LogP contribution in [-0.4, -0.2) is 68.0 Å². The van der Waals surface area contributed by atoms with Gasteiger partial charge in [-0.1, -0.05) is 0 Å². The van der Waals surface area contributed by atoms with Gasteiger partial charge in [-0.15, -0.1) is 0 Å². The molecule has 0 atom stereocenters. The molecule has 0 radical (unpaired) electrons. The van der Waals surface area contributed by atoms with E-state index in [1.807, 2.05) is 0 Å². The Morgan fingerprint density at radius 3 is 1.79 bits per heavy atom. The molecule has 6 heteroatoms. The van der Waals surface area contributed by atoms with Crippen LogP contribution in [0.4, 0.5) is 11.4 Å². The van der Waals surface area contributed by atoms with Gasteiger partial charge in [0.05, 0.1) is 0 Å². The van der Waals surface area contributed by atoms with E-state index in [9.17, 15) is 0 Å². The number of ether oxygens (including phenoxy) is 2. The first-order valence-corrected chi connectivity index (χ1v) is 16.0. The van der Waals surface area contributed by atoms with Crippen LogP contribution in [0.5, 0.6) is 11.5 Å². The number of methoxy groups -OCH3 is 2. The fourth-order valence-electron chi connectivity index (χ4n) is 5.62. The van der Waals surface area contributed by atoms with E-state index in [1.165, 1.54) is 36.3 Å². The van der Waals surface area contributed by atoms with Gasteiger partial charge in [-0.3, -0.25) is 0 Å². The van der Waals surface area contributed by atoms with Gasteiger partial charge < -0.3 is 0 Å². The van der Waals surface area contributed by atoms with Crippen LogP contribution in [0.15, 0.2) is 48.5 Å². The summed E-state index contributed by atoms with van der Waals surface area (Å²) in [6.45, 7) is 19.1. The molecular weight excluding hydrogens is 549 g/mol. The molecule has 2 aromatic rings. The Morgan fingerprint density at radius 1 is 0.667 bits per heavy atom. The average Bonchev–Trinajstić information content (AvgIpc) is 2.97. The van der Waals surface area contributed by atoms with Crippen molar-refractivity contribution in [1.82, 2.24) is 4.58 Å². The standard InChI is InChI=1S/C33H44N3O2Se/c1-9-34(10-2)23-15-17-26-30(21-23)39-31-22-24(35(11-3)12-4)16-18-27(31)32(26)33-28(37-7)19-25(20-29(33)38-8)36(13-5)14-6/h15-22H,9-14H2,1-8H3/q+1. The molecule has 0 spiro atoms. The first-order valence-electron chi connectivity index (χ1n) is 14.3. The van der Waals surface area contributed by atoms with Crippen LogP contribution in [-0.2, 0) is 0 Å². The molecule has 0 saturated carbocycles. The van der Waals surface area contributed by atoms with Crippen molar-refractivity contribution in [2.45, 2.75) is 41.5 Å². The minimum absolute atomic E-state index is 0.183. The van der Waals surface area contributed by atoms with E-state index in [-0.39, 0.29) is 14.5 Å². The number of anilines is 2. The molecule has 208 valence electrons. The van der Waals surface area contributed by atoms with E-state index >= 15 is 0 Å². The number of rotatable bonds is 11. The molecule has 0 aromatic heterocycles. The molecule has 0 N–H and O–H groups in total. The number of nitrogens with zero attached hydrogens (tertiary/aromatic N) is 3. The summed E-state index contributed by atoms with van der Waals surface area (Å²) in [6, 6.07) is 18.4. The SMILES string of the molecule is CCN(CC)c1cc(OC)c(-c2c3ccc(=[N+](CC)CC)cc-3[se]c3cc(N(CC)CC)ccc23)c(OC)c1. The number of hydrogen-bond acceptors (Lipinski definition) is 4. The van der Waals surface area contributed by atoms with Crippen LogP contribution >= 0.6 is 0 Å². The Bertz CT molecular complexity index is 1440. The molecule has 0 unspecified atom stereocenters. The Kier molecular flexibility index (Phi) is 9.63. The van der Waals surface area contributed by atoms with Crippen LogP contribution < -0.4 is 29.2 Å². The van der Waals surface area contributed by atoms with Crippen molar-refractivity contribution in [3.63, 3.8) is 0 Å². The topological polar surface area (TPSA) is 27.9 Å². The Hall–Kier alpha value is -2.95. The molecule has 2 aromatic carbocycles. The summed E-state index contributed by atoms with van der Waals surface area (Å²) in [5.74, 6) is 1.69. The van der Waals surface area contributed by atoms with Crippen LogP contribution in [0.2, 0.25) is 0 Å². The van der Waals surface area contributed by atoms with Gasteiger partial charge in [-0.25, -0.2) is 0 Å². The van der Waals surface area contributed by atoms with Gasteiger partial charge >= 0.3 is 241 Å². The summed E-state index contributed by atoms with van der Waals surface area (Å²) in [7, 11) is 3.54. The predicted octanol–water partition coefficient (Wildman–Crippen LogP) is 6.19. The molecule has 0 fully saturated rings. The zero-order chi connectivity index (χ0) is 28.1. The van der Waals surface area contributed by atoms with Crippen molar-refractivity contribution in [2.24, 2.45) is 0 Å². The van der Waals surface area contributed by atoms with Gasteiger partial charge in [0, 0.05) is 0 Å². The van der Waals surface area contributed by atoms with Gasteiger partial charge in [-0.05, 0) is 0 Å². The van der Waals surface area contributed by atoms with Gasteiger partial charge in [0.25, 0.3) is 0 Å². The van der Waals surface area contributed by atoms with Gasteiger partial charge in [0.1, 0.15) is 0 Å². The monoisotopic (exact) mass is 594 g/mol. The number of benzene rings is 3. The van der Waals surface area contributed by atoms with Crippen LogP contribution in [0.3, 0.4) is 0 Å². The Labute approximate surface area is 240 Å². The third-order valence-corrected chi connectivity index (χ3v) is 10.2. The Balaban J connectivity index is 2.15. The molecule has 0 bridgehead atoms. The summed E-state index contributed by atoms with van der Waals surface area (Å²) in [6.07, 6.45) is 0. The fraction of sp³-hybridized carbons (Fsp3) is 0.424. The number of fused-ring (bicyclic) bond motifs is 2. The molecule has 0 amide bonds. The third-order valence-electron chi connectivity index (χ3n) is 7.82. The van der Waals surface area contributed by atoms with Crippen LogP contribution in [0.1, 0.15) is 41.5 Å². The van der Waals surface area contributed by atoms with E-state index in [0.29, 0.717) is 0 Å². The van der Waals surface area contributed by atoms with Crippen LogP contribution in [0.25, 0.3) is 30.8 Å². The van der Waals surface area contributed by atoms with Crippen molar-refractivity contribution in [3.05, 3.63) is 53.9 Å². The second-order valence-electron chi connectivity index (χ2n) is 9.58.